The van der Waals surface area contributed by atoms with Gasteiger partial charge in [0.05, 0.1) is 12.5 Å². The summed E-state index contributed by atoms with van der Waals surface area (Å²) in [6, 6.07) is 6.93. The maximum atomic E-state index is 13.3. The van der Waals surface area contributed by atoms with Gasteiger partial charge in [-0.3, -0.25) is 0 Å². The molecule has 4 heteroatoms. The van der Waals surface area contributed by atoms with E-state index < -0.39 is 0 Å². The smallest absolute Gasteiger partial charge is 0.123 e. The molecule has 0 aliphatic heterocycles. The van der Waals surface area contributed by atoms with Gasteiger partial charge in [-0.1, -0.05) is 0 Å². The largest absolute Gasteiger partial charge is 0.373 e. The Morgan fingerprint density at radius 3 is 2.82 bits per heavy atom. The third kappa shape index (κ3) is 3.43. The molecule has 0 radical (unpaired) electrons. The van der Waals surface area contributed by atoms with Crippen molar-refractivity contribution >= 4 is 5.69 Å². The van der Waals surface area contributed by atoms with Gasteiger partial charge >= 0.3 is 0 Å². The molecule has 0 heterocycles. The van der Waals surface area contributed by atoms with Crippen LogP contribution in [0.15, 0.2) is 18.2 Å². The van der Waals surface area contributed by atoms with Crippen LogP contribution in [0.25, 0.3) is 0 Å². The lowest BCUT2D eigenvalue weighted by molar-refractivity contribution is 0.607. The fourth-order valence-corrected chi connectivity index (χ4v) is 1.71. The standard InChI is InChI=1S/C13H18FN3/c1-10(16-2)12-9-11(14)5-6-13(12)17(3)8-4-7-15/h5-6,9-10,16H,4,8H2,1-3H3. The number of rotatable bonds is 5. The summed E-state index contributed by atoms with van der Waals surface area (Å²) < 4.78 is 13.3. The molecule has 0 spiro atoms. The highest BCUT2D eigenvalue weighted by molar-refractivity contribution is 5.54. The van der Waals surface area contributed by atoms with Crippen LogP contribution >= 0.6 is 0 Å². The molecule has 3 nitrogen and oxygen atoms in total. The number of nitrogens with zero attached hydrogens (tertiary/aromatic N) is 2. The van der Waals surface area contributed by atoms with Crippen LogP contribution in [0.4, 0.5) is 10.1 Å². The highest BCUT2D eigenvalue weighted by Crippen LogP contribution is 2.26. The first-order valence-corrected chi connectivity index (χ1v) is 5.65. The van der Waals surface area contributed by atoms with Crippen LogP contribution in [0.5, 0.6) is 0 Å². The number of benzene rings is 1. The van der Waals surface area contributed by atoms with Crippen molar-refractivity contribution in [1.29, 1.82) is 5.26 Å². The molecule has 0 amide bonds. The SMILES string of the molecule is CNC(C)c1cc(F)ccc1N(C)CCC#N. The van der Waals surface area contributed by atoms with Gasteiger partial charge in [-0.25, -0.2) is 4.39 Å². The third-order valence-corrected chi connectivity index (χ3v) is 2.86. The first-order valence-electron chi connectivity index (χ1n) is 5.65. The van der Waals surface area contributed by atoms with Crippen LogP contribution in [-0.2, 0) is 0 Å². The molecule has 0 aliphatic carbocycles. The summed E-state index contributed by atoms with van der Waals surface area (Å²) in [7, 11) is 3.76. The zero-order chi connectivity index (χ0) is 12.8. The van der Waals surface area contributed by atoms with Crippen molar-refractivity contribution in [2.24, 2.45) is 0 Å². The number of nitrogens with one attached hydrogen (secondary N) is 1. The lowest BCUT2D eigenvalue weighted by atomic mass is 10.0. The molecule has 0 bridgehead atoms. The fourth-order valence-electron chi connectivity index (χ4n) is 1.71. The van der Waals surface area contributed by atoms with E-state index in [2.05, 4.69) is 11.4 Å². The van der Waals surface area contributed by atoms with Crippen LogP contribution in [0, 0.1) is 17.1 Å². The fraction of sp³-hybridized carbons (Fsp3) is 0.462. The molecule has 0 aromatic heterocycles. The normalized spacial score (nSPS) is 11.9. The number of hydrogen-bond acceptors (Lipinski definition) is 3. The minimum atomic E-state index is -0.237. The van der Waals surface area contributed by atoms with Crippen molar-refractivity contribution in [1.82, 2.24) is 5.32 Å². The lowest BCUT2D eigenvalue weighted by Gasteiger charge is -2.24. The lowest BCUT2D eigenvalue weighted by Crippen LogP contribution is -2.22. The summed E-state index contributed by atoms with van der Waals surface area (Å²) in [5.41, 5.74) is 1.87. The molecule has 1 N–H and O–H groups in total. The Morgan fingerprint density at radius 1 is 1.53 bits per heavy atom. The molecule has 0 fully saturated rings. The van der Waals surface area contributed by atoms with E-state index in [4.69, 9.17) is 5.26 Å². The van der Waals surface area contributed by atoms with Crippen molar-refractivity contribution in [3.05, 3.63) is 29.6 Å². The van der Waals surface area contributed by atoms with Gasteiger partial charge in [0.25, 0.3) is 0 Å². The van der Waals surface area contributed by atoms with Crippen molar-refractivity contribution in [3.63, 3.8) is 0 Å². The zero-order valence-corrected chi connectivity index (χ0v) is 10.5. The van der Waals surface area contributed by atoms with E-state index in [-0.39, 0.29) is 11.9 Å². The Balaban J connectivity index is 3.01. The van der Waals surface area contributed by atoms with Gasteiger partial charge in [0, 0.05) is 25.3 Å². The van der Waals surface area contributed by atoms with E-state index >= 15 is 0 Å². The first kappa shape index (κ1) is 13.5. The van der Waals surface area contributed by atoms with Crippen LogP contribution in [0.1, 0.15) is 24.9 Å². The van der Waals surface area contributed by atoms with E-state index in [9.17, 15) is 4.39 Å². The second-order valence-corrected chi connectivity index (χ2v) is 4.04. The number of hydrogen-bond donors (Lipinski definition) is 1. The van der Waals surface area contributed by atoms with Crippen LogP contribution < -0.4 is 10.2 Å². The van der Waals surface area contributed by atoms with Gasteiger partial charge in [-0.15, -0.1) is 0 Å². The molecule has 17 heavy (non-hydrogen) atoms. The first-order chi connectivity index (χ1) is 8.10. The molecule has 0 aliphatic rings. The van der Waals surface area contributed by atoms with E-state index in [0.717, 1.165) is 11.3 Å². The molecule has 1 unspecified atom stereocenters. The third-order valence-electron chi connectivity index (χ3n) is 2.86. The molecular formula is C13H18FN3. The van der Waals surface area contributed by atoms with E-state index in [1.54, 1.807) is 12.1 Å². The van der Waals surface area contributed by atoms with Crippen molar-refractivity contribution in [2.45, 2.75) is 19.4 Å². The van der Waals surface area contributed by atoms with Gasteiger partial charge in [0.1, 0.15) is 5.82 Å². The summed E-state index contributed by atoms with van der Waals surface area (Å²) in [6.07, 6.45) is 0.460. The monoisotopic (exact) mass is 235 g/mol. The van der Waals surface area contributed by atoms with Gasteiger partial charge in [0.15, 0.2) is 0 Å². The average Bonchev–Trinajstić information content (AvgIpc) is 2.34. The molecule has 92 valence electrons. The predicted octanol–water partition coefficient (Wildman–Crippen LogP) is 2.46. The van der Waals surface area contributed by atoms with Gasteiger partial charge in [-0.05, 0) is 37.7 Å². The van der Waals surface area contributed by atoms with E-state index in [1.807, 2.05) is 25.9 Å². The van der Waals surface area contributed by atoms with Crippen LogP contribution in [-0.4, -0.2) is 20.6 Å². The summed E-state index contributed by atoms with van der Waals surface area (Å²) >= 11 is 0. The van der Waals surface area contributed by atoms with Crippen molar-refractivity contribution < 1.29 is 4.39 Å². The number of nitriles is 1. The highest BCUT2D eigenvalue weighted by Gasteiger charge is 2.13. The second-order valence-electron chi connectivity index (χ2n) is 4.04. The topological polar surface area (TPSA) is 39.1 Å². The minimum Gasteiger partial charge on any atom is -0.373 e. The van der Waals surface area contributed by atoms with Crippen molar-refractivity contribution in [3.8, 4) is 6.07 Å². The summed E-state index contributed by atoms with van der Waals surface area (Å²) in [6.45, 7) is 2.63. The molecule has 1 atom stereocenters. The highest BCUT2D eigenvalue weighted by atomic mass is 19.1. The predicted molar refractivity (Wildman–Crippen MR) is 67.4 cm³/mol. The Morgan fingerprint density at radius 2 is 2.24 bits per heavy atom. The molecular weight excluding hydrogens is 217 g/mol. The molecule has 1 aromatic carbocycles. The molecule has 0 saturated heterocycles. The molecule has 1 rings (SSSR count). The minimum absolute atomic E-state index is 0.0743. The van der Waals surface area contributed by atoms with Crippen molar-refractivity contribution in [2.75, 3.05) is 25.5 Å². The Kier molecular flexibility index (Phi) is 4.92. The summed E-state index contributed by atoms with van der Waals surface area (Å²) in [5.74, 6) is -0.237. The maximum absolute atomic E-state index is 13.3. The Labute approximate surface area is 102 Å². The maximum Gasteiger partial charge on any atom is 0.123 e. The number of anilines is 1. The van der Waals surface area contributed by atoms with Gasteiger partial charge < -0.3 is 10.2 Å². The van der Waals surface area contributed by atoms with Crippen LogP contribution in [0.2, 0.25) is 0 Å². The van der Waals surface area contributed by atoms with Gasteiger partial charge in [-0.2, -0.15) is 5.26 Å². The number of halogens is 1. The second kappa shape index (κ2) is 6.21. The Bertz CT molecular complexity index is 412. The molecule has 0 saturated carbocycles. The van der Waals surface area contributed by atoms with E-state index in [1.165, 1.54) is 6.07 Å². The quantitative estimate of drug-likeness (QED) is 0.852. The Hall–Kier alpha value is -1.60. The van der Waals surface area contributed by atoms with Crippen LogP contribution in [0.3, 0.4) is 0 Å². The van der Waals surface area contributed by atoms with Gasteiger partial charge in [0.2, 0.25) is 0 Å². The zero-order valence-electron chi connectivity index (χ0n) is 10.5. The van der Waals surface area contributed by atoms with E-state index in [0.29, 0.717) is 13.0 Å². The summed E-state index contributed by atoms with van der Waals surface area (Å²) in [5, 5.41) is 11.7. The average molecular weight is 235 g/mol. The summed E-state index contributed by atoms with van der Waals surface area (Å²) in [4.78, 5) is 1.98. The molecule has 1 aromatic rings.